The summed E-state index contributed by atoms with van der Waals surface area (Å²) in [5, 5.41) is 4.39. The molecule has 2 rings (SSSR count). The number of halogens is 1. The maximum Gasteiger partial charge on any atom is 0.339 e. The summed E-state index contributed by atoms with van der Waals surface area (Å²) >= 11 is 7.29. The first-order chi connectivity index (χ1) is 7.72. The largest absolute Gasteiger partial charge is 0.465 e. The molecule has 0 saturated heterocycles. The molecule has 2 nitrogen and oxygen atoms in total. The van der Waals surface area contributed by atoms with Crippen molar-refractivity contribution in [3.63, 3.8) is 0 Å². The molecule has 0 aliphatic carbocycles. The molecule has 0 spiro atoms. The number of methoxy groups -OCH3 is 1. The summed E-state index contributed by atoms with van der Waals surface area (Å²) in [4.78, 5) is 11.5. The van der Waals surface area contributed by atoms with Gasteiger partial charge in [0.2, 0.25) is 0 Å². The highest BCUT2D eigenvalue weighted by Gasteiger charge is 2.13. The minimum absolute atomic E-state index is 0.314. The summed E-state index contributed by atoms with van der Waals surface area (Å²) in [6, 6.07) is 7.37. The molecule has 2 aromatic rings. The van der Waals surface area contributed by atoms with E-state index in [1.165, 1.54) is 18.4 Å². The summed E-state index contributed by atoms with van der Waals surface area (Å²) in [5.41, 5.74) is 2.44. The van der Waals surface area contributed by atoms with Gasteiger partial charge < -0.3 is 4.74 Å². The van der Waals surface area contributed by atoms with Crippen molar-refractivity contribution in [3.8, 4) is 11.1 Å². The van der Waals surface area contributed by atoms with Crippen LogP contribution in [0.2, 0.25) is 5.02 Å². The molecule has 0 unspecified atom stereocenters. The molecule has 1 aromatic carbocycles. The molecule has 0 N–H and O–H groups in total. The van der Waals surface area contributed by atoms with E-state index < -0.39 is 0 Å². The summed E-state index contributed by atoms with van der Waals surface area (Å²) in [6.45, 7) is 0. The number of benzene rings is 1. The van der Waals surface area contributed by atoms with Gasteiger partial charge in [0.25, 0.3) is 0 Å². The highest BCUT2D eigenvalue weighted by atomic mass is 35.5. The lowest BCUT2D eigenvalue weighted by Gasteiger charge is -2.02. The Morgan fingerprint density at radius 1 is 1.25 bits per heavy atom. The van der Waals surface area contributed by atoms with E-state index >= 15 is 0 Å². The van der Waals surface area contributed by atoms with Gasteiger partial charge in [-0.05, 0) is 23.1 Å². The van der Waals surface area contributed by atoms with Crippen molar-refractivity contribution in [2.24, 2.45) is 0 Å². The molecule has 1 heterocycles. The molecule has 0 bridgehead atoms. The van der Waals surface area contributed by atoms with Crippen molar-refractivity contribution < 1.29 is 9.53 Å². The Morgan fingerprint density at radius 2 is 1.94 bits per heavy atom. The first kappa shape index (κ1) is 11.2. The third-order valence-corrected chi connectivity index (χ3v) is 3.22. The van der Waals surface area contributed by atoms with Crippen molar-refractivity contribution in [1.29, 1.82) is 0 Å². The van der Waals surface area contributed by atoms with Crippen LogP contribution in [-0.4, -0.2) is 13.1 Å². The van der Waals surface area contributed by atoms with Gasteiger partial charge in [-0.2, -0.15) is 11.3 Å². The van der Waals surface area contributed by atoms with Crippen molar-refractivity contribution in [3.05, 3.63) is 45.6 Å². The van der Waals surface area contributed by atoms with Crippen LogP contribution in [0.4, 0.5) is 0 Å². The Hall–Kier alpha value is -1.32. The summed E-state index contributed by atoms with van der Waals surface area (Å²) in [6.07, 6.45) is 0. The van der Waals surface area contributed by atoms with E-state index in [-0.39, 0.29) is 5.97 Å². The molecule has 0 saturated carbocycles. The molecular weight excluding hydrogens is 244 g/mol. The Labute approximate surface area is 102 Å². The lowest BCUT2D eigenvalue weighted by molar-refractivity contribution is 0.0602. The lowest BCUT2D eigenvalue weighted by atomic mass is 10.1. The van der Waals surface area contributed by atoms with Crippen molar-refractivity contribution in [2.45, 2.75) is 0 Å². The fourth-order valence-electron chi connectivity index (χ4n) is 1.42. The van der Waals surface area contributed by atoms with E-state index in [4.69, 9.17) is 16.3 Å². The zero-order valence-electron chi connectivity index (χ0n) is 8.57. The third-order valence-electron chi connectivity index (χ3n) is 2.22. The maximum atomic E-state index is 11.5. The molecule has 4 heteroatoms. The fraction of sp³-hybridized carbons (Fsp3) is 0.0833. The molecule has 0 fully saturated rings. The number of carbonyl (C=O) groups excluding carboxylic acids is 1. The average molecular weight is 253 g/mol. The predicted octanol–water partition coefficient (Wildman–Crippen LogP) is 3.86. The van der Waals surface area contributed by atoms with Crippen LogP contribution in [0.3, 0.4) is 0 Å². The minimum Gasteiger partial charge on any atom is -0.465 e. The van der Waals surface area contributed by atoms with Crippen LogP contribution in [0, 0.1) is 0 Å². The van der Waals surface area contributed by atoms with Gasteiger partial charge in [0.15, 0.2) is 0 Å². The number of carbonyl (C=O) groups is 1. The van der Waals surface area contributed by atoms with Crippen LogP contribution in [0.1, 0.15) is 10.4 Å². The van der Waals surface area contributed by atoms with Crippen LogP contribution < -0.4 is 0 Å². The van der Waals surface area contributed by atoms with E-state index in [0.717, 1.165) is 11.1 Å². The molecule has 0 amide bonds. The van der Waals surface area contributed by atoms with Crippen LogP contribution in [-0.2, 0) is 4.74 Å². The van der Waals surface area contributed by atoms with E-state index in [0.29, 0.717) is 10.6 Å². The first-order valence-corrected chi connectivity index (χ1v) is 5.95. The second kappa shape index (κ2) is 4.68. The third kappa shape index (κ3) is 2.10. The Kier molecular flexibility index (Phi) is 3.27. The topological polar surface area (TPSA) is 26.3 Å². The molecule has 0 aliphatic heterocycles. The maximum absolute atomic E-state index is 11.5. The fourth-order valence-corrected chi connectivity index (χ4v) is 2.37. The molecule has 0 atom stereocenters. The predicted molar refractivity (Wildman–Crippen MR) is 66.1 cm³/mol. The van der Waals surface area contributed by atoms with Gasteiger partial charge in [0.05, 0.1) is 12.7 Å². The molecular formula is C12H9ClO2S. The SMILES string of the molecule is COC(=O)c1cscc1-c1ccc(Cl)cc1. The monoisotopic (exact) mass is 252 g/mol. The van der Waals surface area contributed by atoms with Crippen LogP contribution in [0.5, 0.6) is 0 Å². The number of hydrogen-bond acceptors (Lipinski definition) is 3. The van der Waals surface area contributed by atoms with Gasteiger partial charge in [-0.1, -0.05) is 23.7 Å². The Morgan fingerprint density at radius 3 is 2.56 bits per heavy atom. The van der Waals surface area contributed by atoms with Crippen molar-refractivity contribution in [2.75, 3.05) is 7.11 Å². The van der Waals surface area contributed by atoms with Crippen LogP contribution in [0.25, 0.3) is 11.1 Å². The van der Waals surface area contributed by atoms with Crippen LogP contribution >= 0.6 is 22.9 Å². The highest BCUT2D eigenvalue weighted by Crippen LogP contribution is 2.28. The van der Waals surface area contributed by atoms with Gasteiger partial charge in [-0.15, -0.1) is 0 Å². The minimum atomic E-state index is -0.314. The summed E-state index contributed by atoms with van der Waals surface area (Å²) in [5.74, 6) is -0.314. The lowest BCUT2D eigenvalue weighted by Crippen LogP contribution is -2.00. The van der Waals surface area contributed by atoms with E-state index in [9.17, 15) is 4.79 Å². The van der Waals surface area contributed by atoms with Gasteiger partial charge in [-0.25, -0.2) is 4.79 Å². The molecule has 82 valence electrons. The molecule has 0 radical (unpaired) electrons. The first-order valence-electron chi connectivity index (χ1n) is 4.63. The second-order valence-corrected chi connectivity index (χ2v) is 4.38. The number of esters is 1. The van der Waals surface area contributed by atoms with Crippen molar-refractivity contribution in [1.82, 2.24) is 0 Å². The average Bonchev–Trinajstić information content (AvgIpc) is 2.78. The van der Waals surface area contributed by atoms with Gasteiger partial charge in [-0.3, -0.25) is 0 Å². The van der Waals surface area contributed by atoms with Gasteiger partial charge >= 0.3 is 5.97 Å². The second-order valence-electron chi connectivity index (χ2n) is 3.20. The van der Waals surface area contributed by atoms with Gasteiger partial charge in [0, 0.05) is 16.0 Å². The molecule has 16 heavy (non-hydrogen) atoms. The van der Waals surface area contributed by atoms with E-state index in [2.05, 4.69) is 0 Å². The summed E-state index contributed by atoms with van der Waals surface area (Å²) < 4.78 is 4.72. The highest BCUT2D eigenvalue weighted by molar-refractivity contribution is 7.08. The molecule has 0 aliphatic rings. The zero-order valence-corrected chi connectivity index (χ0v) is 10.1. The number of hydrogen-bond donors (Lipinski definition) is 0. The number of thiophene rings is 1. The quantitative estimate of drug-likeness (QED) is 0.759. The standard InChI is InChI=1S/C12H9ClO2S/c1-15-12(14)11-7-16-6-10(11)8-2-4-9(13)5-3-8/h2-7H,1H3. The Balaban J connectivity index is 2.44. The molecule has 1 aromatic heterocycles. The number of rotatable bonds is 2. The smallest absolute Gasteiger partial charge is 0.339 e. The van der Waals surface area contributed by atoms with Crippen LogP contribution in [0.15, 0.2) is 35.0 Å². The van der Waals surface area contributed by atoms with E-state index in [1.807, 2.05) is 17.5 Å². The zero-order chi connectivity index (χ0) is 11.5. The summed E-state index contributed by atoms with van der Waals surface area (Å²) in [7, 11) is 1.38. The number of ether oxygens (including phenoxy) is 1. The van der Waals surface area contributed by atoms with Crippen molar-refractivity contribution >= 4 is 28.9 Å². The normalized spacial score (nSPS) is 10.1. The van der Waals surface area contributed by atoms with E-state index in [1.54, 1.807) is 17.5 Å². The Bertz CT molecular complexity index is 502. The van der Waals surface area contributed by atoms with Gasteiger partial charge in [0.1, 0.15) is 0 Å².